The number of aromatic hydroxyl groups is 1. The van der Waals surface area contributed by atoms with Gasteiger partial charge in [0.15, 0.2) is 0 Å². The second-order valence-corrected chi connectivity index (χ2v) is 5.65. The van der Waals surface area contributed by atoms with Gasteiger partial charge in [-0.2, -0.15) is 4.99 Å². The molecule has 0 atom stereocenters. The molecule has 102 valence electrons. The van der Waals surface area contributed by atoms with E-state index >= 15 is 0 Å². The van der Waals surface area contributed by atoms with Crippen LogP contribution in [-0.4, -0.2) is 30.2 Å². The molecule has 1 aromatic rings. The molecule has 0 spiro atoms. The lowest BCUT2D eigenvalue weighted by Crippen LogP contribution is -2.32. The van der Waals surface area contributed by atoms with Crippen LogP contribution in [0, 0.1) is 6.92 Å². The lowest BCUT2D eigenvalue weighted by molar-refractivity contribution is 0.246. The van der Waals surface area contributed by atoms with Crippen LogP contribution in [0.4, 0.5) is 0 Å². The Morgan fingerprint density at radius 2 is 2.11 bits per heavy atom. The second kappa shape index (κ2) is 5.16. The molecule has 0 unspecified atom stereocenters. The van der Waals surface area contributed by atoms with Gasteiger partial charge >= 0.3 is 0 Å². The Kier molecular flexibility index (Phi) is 3.74. The minimum atomic E-state index is -0.543. The molecule has 1 aliphatic rings. The molecule has 4 nitrogen and oxygen atoms in total. The predicted octanol–water partition coefficient (Wildman–Crippen LogP) is 2.48. The van der Waals surface area contributed by atoms with E-state index in [1.165, 1.54) is 0 Å². The van der Waals surface area contributed by atoms with Gasteiger partial charge in [0, 0.05) is 17.7 Å². The number of isocyanates is 1. The summed E-state index contributed by atoms with van der Waals surface area (Å²) in [5.74, 6) is 0.276. The molecule has 1 saturated carbocycles. The van der Waals surface area contributed by atoms with Crippen LogP contribution in [0.15, 0.2) is 17.1 Å². The Balaban J connectivity index is 2.51. The van der Waals surface area contributed by atoms with Crippen molar-refractivity contribution < 1.29 is 9.90 Å². The zero-order chi connectivity index (χ0) is 14.0. The molecule has 1 aromatic carbocycles. The normalized spacial score (nSPS) is 16.8. The van der Waals surface area contributed by atoms with Gasteiger partial charge < -0.3 is 10.0 Å². The maximum atomic E-state index is 10.7. The van der Waals surface area contributed by atoms with E-state index in [1.807, 2.05) is 38.1 Å². The van der Waals surface area contributed by atoms with E-state index in [0.29, 0.717) is 6.54 Å². The fourth-order valence-corrected chi connectivity index (χ4v) is 2.71. The van der Waals surface area contributed by atoms with Gasteiger partial charge in [-0.15, -0.1) is 0 Å². The Morgan fingerprint density at radius 1 is 1.42 bits per heavy atom. The summed E-state index contributed by atoms with van der Waals surface area (Å²) in [6.45, 7) is 2.67. The first-order valence-corrected chi connectivity index (χ1v) is 6.55. The first-order chi connectivity index (χ1) is 8.98. The standard InChI is InChI=1S/C15H20N2O2/c1-11-7-12(9-17(2)3)14(19)13(8-11)15(16-10-18)5-4-6-15/h7-8,19H,4-6,9H2,1-3H3. The predicted molar refractivity (Wildman–Crippen MR) is 73.9 cm³/mol. The molecule has 0 aliphatic heterocycles. The zero-order valence-electron chi connectivity index (χ0n) is 11.7. The smallest absolute Gasteiger partial charge is 0.235 e. The monoisotopic (exact) mass is 260 g/mol. The maximum absolute atomic E-state index is 10.7. The summed E-state index contributed by atoms with van der Waals surface area (Å²) >= 11 is 0. The number of rotatable bonds is 4. The van der Waals surface area contributed by atoms with E-state index in [4.69, 9.17) is 0 Å². The third kappa shape index (κ3) is 2.55. The van der Waals surface area contributed by atoms with Crippen LogP contribution in [0.25, 0.3) is 0 Å². The molecule has 0 saturated heterocycles. The summed E-state index contributed by atoms with van der Waals surface area (Å²) in [7, 11) is 3.92. The number of aliphatic imine (C=N–C) groups is 1. The van der Waals surface area contributed by atoms with E-state index in [2.05, 4.69) is 4.99 Å². The molecular formula is C15H20N2O2. The molecule has 2 rings (SSSR count). The number of phenolic OH excluding ortho intramolecular Hbond substituents is 1. The van der Waals surface area contributed by atoms with Crippen molar-refractivity contribution in [2.24, 2.45) is 4.99 Å². The number of benzene rings is 1. The van der Waals surface area contributed by atoms with Crippen molar-refractivity contribution in [3.63, 3.8) is 0 Å². The van der Waals surface area contributed by atoms with Gasteiger partial charge in [0.1, 0.15) is 11.3 Å². The van der Waals surface area contributed by atoms with Gasteiger partial charge in [0.05, 0.1) is 0 Å². The van der Waals surface area contributed by atoms with Crippen molar-refractivity contribution in [2.45, 2.75) is 38.3 Å². The average molecular weight is 260 g/mol. The molecule has 4 heteroatoms. The maximum Gasteiger partial charge on any atom is 0.235 e. The van der Waals surface area contributed by atoms with Crippen molar-refractivity contribution in [3.05, 3.63) is 28.8 Å². The highest BCUT2D eigenvalue weighted by atomic mass is 16.3. The number of nitrogens with zero attached hydrogens (tertiary/aromatic N) is 2. The third-order valence-corrected chi connectivity index (χ3v) is 3.76. The van der Waals surface area contributed by atoms with E-state index in [9.17, 15) is 9.90 Å². The zero-order valence-corrected chi connectivity index (χ0v) is 11.7. The first-order valence-electron chi connectivity index (χ1n) is 6.55. The van der Waals surface area contributed by atoms with Crippen LogP contribution in [0.2, 0.25) is 0 Å². The molecule has 0 aromatic heterocycles. The molecule has 1 N–H and O–H groups in total. The summed E-state index contributed by atoms with van der Waals surface area (Å²) in [6.07, 6.45) is 4.31. The Morgan fingerprint density at radius 3 is 2.58 bits per heavy atom. The van der Waals surface area contributed by atoms with Crippen LogP contribution >= 0.6 is 0 Å². The summed E-state index contributed by atoms with van der Waals surface area (Å²) in [4.78, 5) is 16.6. The van der Waals surface area contributed by atoms with Crippen molar-refractivity contribution in [1.82, 2.24) is 4.90 Å². The minimum Gasteiger partial charge on any atom is -0.507 e. The highest BCUT2D eigenvalue weighted by molar-refractivity contribution is 5.50. The molecule has 1 aliphatic carbocycles. The summed E-state index contributed by atoms with van der Waals surface area (Å²) in [5, 5.41) is 10.5. The molecule has 0 amide bonds. The van der Waals surface area contributed by atoms with Crippen molar-refractivity contribution in [2.75, 3.05) is 14.1 Å². The minimum absolute atomic E-state index is 0.276. The van der Waals surface area contributed by atoms with E-state index in [1.54, 1.807) is 6.08 Å². The number of hydrogen-bond donors (Lipinski definition) is 1. The highest BCUT2D eigenvalue weighted by Crippen LogP contribution is 2.48. The van der Waals surface area contributed by atoms with Crippen LogP contribution < -0.4 is 0 Å². The third-order valence-electron chi connectivity index (χ3n) is 3.76. The Hall–Kier alpha value is -1.64. The molecule has 0 bridgehead atoms. The molecular weight excluding hydrogens is 240 g/mol. The van der Waals surface area contributed by atoms with Crippen LogP contribution in [0.1, 0.15) is 36.0 Å². The second-order valence-electron chi connectivity index (χ2n) is 5.65. The lowest BCUT2D eigenvalue weighted by atomic mass is 9.71. The molecule has 0 heterocycles. The van der Waals surface area contributed by atoms with Gasteiger partial charge in [0.25, 0.3) is 0 Å². The average Bonchev–Trinajstić information content (AvgIpc) is 2.27. The molecule has 0 radical (unpaired) electrons. The Labute approximate surface area is 113 Å². The van der Waals surface area contributed by atoms with E-state index < -0.39 is 5.54 Å². The first kappa shape index (κ1) is 13.8. The number of aryl methyl sites for hydroxylation is 1. The lowest BCUT2D eigenvalue weighted by Gasteiger charge is -2.38. The Bertz CT molecular complexity index is 527. The summed E-state index contributed by atoms with van der Waals surface area (Å²) in [6, 6.07) is 3.92. The summed E-state index contributed by atoms with van der Waals surface area (Å²) < 4.78 is 0. The van der Waals surface area contributed by atoms with Gasteiger partial charge in [-0.1, -0.05) is 11.6 Å². The topological polar surface area (TPSA) is 52.9 Å². The number of phenols is 1. The van der Waals surface area contributed by atoms with Crippen LogP contribution in [0.3, 0.4) is 0 Å². The van der Waals surface area contributed by atoms with Crippen LogP contribution in [0.5, 0.6) is 5.75 Å². The van der Waals surface area contributed by atoms with Crippen LogP contribution in [-0.2, 0) is 16.9 Å². The van der Waals surface area contributed by atoms with Gasteiger partial charge in [0.2, 0.25) is 6.08 Å². The summed E-state index contributed by atoms with van der Waals surface area (Å²) in [5.41, 5.74) is 2.20. The number of hydrogen-bond acceptors (Lipinski definition) is 4. The van der Waals surface area contributed by atoms with E-state index in [-0.39, 0.29) is 5.75 Å². The van der Waals surface area contributed by atoms with Crippen molar-refractivity contribution >= 4 is 6.08 Å². The SMILES string of the molecule is Cc1cc(CN(C)C)c(O)c(C2(N=C=O)CCC2)c1. The largest absolute Gasteiger partial charge is 0.507 e. The van der Waals surface area contributed by atoms with Gasteiger partial charge in [-0.25, -0.2) is 4.79 Å². The quantitative estimate of drug-likeness (QED) is 0.668. The van der Waals surface area contributed by atoms with Crippen molar-refractivity contribution in [1.29, 1.82) is 0 Å². The molecule has 1 fully saturated rings. The van der Waals surface area contributed by atoms with E-state index in [0.717, 1.165) is 36.0 Å². The molecule has 19 heavy (non-hydrogen) atoms. The van der Waals surface area contributed by atoms with Gasteiger partial charge in [-0.05, 0) is 46.3 Å². The fraction of sp³-hybridized carbons (Fsp3) is 0.533. The van der Waals surface area contributed by atoms with Gasteiger partial charge in [-0.3, -0.25) is 0 Å². The van der Waals surface area contributed by atoms with Crippen molar-refractivity contribution in [3.8, 4) is 5.75 Å². The number of carbonyl (C=O) groups excluding carboxylic acids is 1. The fourth-order valence-electron chi connectivity index (χ4n) is 2.71. The highest BCUT2D eigenvalue weighted by Gasteiger charge is 2.41.